The van der Waals surface area contributed by atoms with Crippen LogP contribution in [0.5, 0.6) is 17.2 Å². The number of rotatable bonds is 17. The molecule has 0 bridgehead atoms. The predicted octanol–water partition coefficient (Wildman–Crippen LogP) is 28.6. The van der Waals surface area contributed by atoms with Gasteiger partial charge in [-0.3, -0.25) is 0 Å². The molecular formula is C87H116BrClIO3P. The Morgan fingerprint density at radius 2 is 0.681 bits per heavy atom. The van der Waals surface area contributed by atoms with Gasteiger partial charge in [-0.2, -0.15) is 0 Å². The van der Waals surface area contributed by atoms with E-state index in [0.29, 0.717) is 53.3 Å². The van der Waals surface area contributed by atoms with Crippen LogP contribution in [0, 0.1) is 10.5 Å². The number of halogens is 3. The van der Waals surface area contributed by atoms with Crippen molar-refractivity contribution in [1.82, 2.24) is 0 Å². The maximum absolute atomic E-state index is 5.66. The Bertz CT molecular complexity index is 3570. The molecule has 3 nitrogen and oxygen atoms in total. The number of methoxy groups -OCH3 is 3. The zero-order chi connectivity index (χ0) is 70.6. The molecule has 0 amide bonds. The summed E-state index contributed by atoms with van der Waals surface area (Å²) in [4.78, 5) is 0. The van der Waals surface area contributed by atoms with Crippen molar-refractivity contribution in [2.75, 3.05) is 21.3 Å². The highest BCUT2D eigenvalue weighted by atomic mass is 127. The van der Waals surface area contributed by atoms with E-state index < -0.39 is 7.92 Å². The van der Waals surface area contributed by atoms with Crippen LogP contribution in [-0.4, -0.2) is 31.6 Å². The third kappa shape index (κ3) is 19.7. The van der Waals surface area contributed by atoms with Gasteiger partial charge in [0.15, 0.2) is 0 Å². The number of ether oxygens (including phenoxy) is 3. The maximum atomic E-state index is 5.66. The third-order valence-corrected chi connectivity index (χ3v) is 23.7. The van der Waals surface area contributed by atoms with Crippen LogP contribution in [0.2, 0.25) is 5.02 Å². The molecular weight excluding hydrogens is 1370 g/mol. The second-order valence-corrected chi connectivity index (χ2v) is 36.2. The van der Waals surface area contributed by atoms with Gasteiger partial charge in [0.1, 0.15) is 17.2 Å². The zero-order valence-electron chi connectivity index (χ0n) is 62.8. The van der Waals surface area contributed by atoms with Crippen molar-refractivity contribution >= 4 is 63.3 Å². The summed E-state index contributed by atoms with van der Waals surface area (Å²) in [5, 5.41) is 2.67. The highest BCUT2D eigenvalue weighted by Crippen LogP contribution is 2.60. The highest BCUT2D eigenvalue weighted by molar-refractivity contribution is 14.1. The van der Waals surface area contributed by atoms with Crippen LogP contribution in [0.3, 0.4) is 0 Å². The van der Waals surface area contributed by atoms with Gasteiger partial charge in [-0.1, -0.05) is 277 Å². The van der Waals surface area contributed by atoms with Crippen molar-refractivity contribution in [3.8, 4) is 61.8 Å². The van der Waals surface area contributed by atoms with Gasteiger partial charge in [0.05, 0.1) is 26.4 Å². The van der Waals surface area contributed by atoms with Gasteiger partial charge in [0.2, 0.25) is 0 Å². The largest absolute Gasteiger partial charge is 0.497 e. The molecule has 0 aliphatic carbocycles. The summed E-state index contributed by atoms with van der Waals surface area (Å²) in [5.74, 6) is 7.01. The van der Waals surface area contributed by atoms with Crippen molar-refractivity contribution in [3.63, 3.8) is 0 Å². The minimum atomic E-state index is -0.453. The van der Waals surface area contributed by atoms with E-state index in [1.807, 2.05) is 24.3 Å². The second kappa shape index (κ2) is 35.0. The van der Waals surface area contributed by atoms with E-state index in [2.05, 4.69) is 327 Å². The fourth-order valence-corrected chi connectivity index (χ4v) is 19.8. The maximum Gasteiger partial charge on any atom is 0.118 e. The number of benzene rings is 8. The first-order valence-electron chi connectivity index (χ1n) is 34.4. The summed E-state index contributed by atoms with van der Waals surface area (Å²) in [7, 11) is 4.72. The summed E-state index contributed by atoms with van der Waals surface area (Å²) in [6, 6.07) is 50.0. The van der Waals surface area contributed by atoms with Crippen LogP contribution < -0.4 is 19.5 Å². The molecule has 8 aromatic rings. The molecule has 0 unspecified atom stereocenters. The molecule has 0 fully saturated rings. The molecule has 0 spiro atoms. The van der Waals surface area contributed by atoms with Crippen molar-refractivity contribution in [2.24, 2.45) is 0 Å². The van der Waals surface area contributed by atoms with E-state index >= 15 is 0 Å². The van der Waals surface area contributed by atoms with Gasteiger partial charge < -0.3 is 14.2 Å². The summed E-state index contributed by atoms with van der Waals surface area (Å²) in [6.07, 6.45) is 0. The summed E-state index contributed by atoms with van der Waals surface area (Å²) in [6.45, 7) is 58.6. The van der Waals surface area contributed by atoms with Crippen LogP contribution in [0.15, 0.2) is 144 Å². The fourth-order valence-electron chi connectivity index (χ4n) is 13.6. The summed E-state index contributed by atoms with van der Waals surface area (Å²) < 4.78 is 18.5. The lowest BCUT2D eigenvalue weighted by Crippen LogP contribution is -2.32. The molecule has 0 radical (unpaired) electrons. The molecule has 0 saturated heterocycles. The fraction of sp³-hybridized carbons (Fsp3) is 0.448. The van der Waals surface area contributed by atoms with Gasteiger partial charge in [0.25, 0.3) is 0 Å². The normalized spacial score (nSPS) is 11.9. The molecule has 94 heavy (non-hydrogen) atoms. The predicted molar refractivity (Wildman–Crippen MR) is 430 cm³/mol. The first-order valence-corrected chi connectivity index (χ1v) is 38.0. The Hall–Kier alpha value is -4.91. The van der Waals surface area contributed by atoms with Crippen LogP contribution in [-0.2, 0) is 0 Å². The highest BCUT2D eigenvalue weighted by Gasteiger charge is 2.38. The second-order valence-electron chi connectivity index (χ2n) is 30.0. The van der Waals surface area contributed by atoms with Crippen molar-refractivity contribution < 1.29 is 14.2 Å². The molecule has 0 aliphatic rings. The molecule has 0 heterocycles. The molecule has 0 N–H and O–H groups in total. The Kier molecular flexibility index (Phi) is 29.7. The van der Waals surface area contributed by atoms with Crippen molar-refractivity contribution in [2.45, 2.75) is 237 Å². The Morgan fingerprint density at radius 1 is 0.372 bits per heavy atom. The SMILES string of the molecule is COc1ccc(-c2c(C(C)C)cc(C(C)C)c(-c3ccccc3P(C(C)(C)C)C(C)(C)C)c2C(C)C)cc1.COc1ccc(-c2c(C(C)C)cc(C(C)C)c(C)c2C(C)C)cc1.COc1ccc(-c2c(C(C)C)cc(C(C)C)c(I)c2C(C)C)cc1.Clc1ccccc1Br. The summed E-state index contributed by atoms with van der Waals surface area (Å²) in [5.41, 5.74) is 25.7. The van der Waals surface area contributed by atoms with E-state index in [1.165, 1.54) is 109 Å². The average molecular weight is 1480 g/mol. The molecule has 7 heteroatoms. The van der Waals surface area contributed by atoms with Crippen LogP contribution in [0.1, 0.15) is 275 Å². The lowest BCUT2D eigenvalue weighted by Gasteiger charge is -2.43. The number of hydrogen-bond donors (Lipinski definition) is 0. The monoisotopic (exact) mass is 1480 g/mol. The van der Waals surface area contributed by atoms with Gasteiger partial charge in [-0.05, 0) is 263 Å². The van der Waals surface area contributed by atoms with Gasteiger partial charge in [0, 0.05) is 8.04 Å². The Balaban J connectivity index is 0.000000249. The van der Waals surface area contributed by atoms with Crippen LogP contribution in [0.25, 0.3) is 44.5 Å². The Morgan fingerprint density at radius 3 is 1.00 bits per heavy atom. The molecule has 8 aromatic carbocycles. The first-order chi connectivity index (χ1) is 43.9. The van der Waals surface area contributed by atoms with E-state index in [4.69, 9.17) is 25.8 Å². The van der Waals surface area contributed by atoms with Crippen LogP contribution >= 0.6 is 58.0 Å². The standard InChI is InChI=1S/C36H51OP.C23H32O.C22H29IO.C6H4BrCl/c1-23(2)29-22-30(24(3)4)34(32(25(5)6)33(29)26-18-20-27(37-13)21-19-26)28-16-14-15-17-31(28)38(35(7,8)9)36(10,11)12;1-14(2)20-13-21(15(3)4)23(22(16(5)6)17(20)7)18-9-11-19(24-8)12-10-18;1-13(2)18-12-19(14(3)4)22(23)20(15(5)6)21(18)16-8-10-17(24-7)11-9-16;7-5-3-1-2-4-6(5)8/h14-25H,1-13H3;9-16H,1-8H3;8-15H,1-7H3;1-4H. The van der Waals surface area contributed by atoms with Crippen molar-refractivity contribution in [1.29, 1.82) is 0 Å². The lowest BCUT2D eigenvalue weighted by atomic mass is 9.76. The quantitative estimate of drug-likeness (QED) is 0.0672. The average Bonchev–Trinajstić information content (AvgIpc) is 0.749. The Labute approximate surface area is 600 Å². The molecule has 0 aliphatic heterocycles. The topological polar surface area (TPSA) is 27.7 Å². The lowest BCUT2D eigenvalue weighted by molar-refractivity contribution is 0.415. The third-order valence-electron chi connectivity index (χ3n) is 17.7. The molecule has 8 rings (SSSR count). The van der Waals surface area contributed by atoms with Crippen LogP contribution in [0.4, 0.5) is 0 Å². The molecule has 0 atom stereocenters. The zero-order valence-corrected chi connectivity index (χ0v) is 68.2. The van der Waals surface area contributed by atoms with Gasteiger partial charge >= 0.3 is 0 Å². The van der Waals surface area contributed by atoms with Crippen molar-refractivity contribution in [3.05, 3.63) is 208 Å². The van der Waals surface area contributed by atoms with Gasteiger partial charge in [-0.15, -0.1) is 0 Å². The number of hydrogen-bond acceptors (Lipinski definition) is 3. The smallest absolute Gasteiger partial charge is 0.118 e. The van der Waals surface area contributed by atoms with Gasteiger partial charge in [-0.25, -0.2) is 0 Å². The molecule has 508 valence electrons. The first kappa shape index (κ1) is 79.8. The molecule has 0 aromatic heterocycles. The summed E-state index contributed by atoms with van der Waals surface area (Å²) >= 11 is 11.5. The van der Waals surface area contributed by atoms with E-state index in [9.17, 15) is 0 Å². The van der Waals surface area contributed by atoms with E-state index in [0.717, 1.165) is 26.7 Å². The molecule has 0 saturated carbocycles. The minimum Gasteiger partial charge on any atom is -0.497 e. The minimum absolute atomic E-state index is 0.191. The van der Waals surface area contributed by atoms with E-state index in [1.54, 1.807) is 21.3 Å². The van der Waals surface area contributed by atoms with E-state index in [-0.39, 0.29) is 10.3 Å².